The molecule has 0 radical (unpaired) electrons. The molecule has 1 aromatic rings. The highest BCUT2D eigenvalue weighted by molar-refractivity contribution is 7.89. The standard InChI is InChI=1S/C11H14Cl2N2O2S.ClH/c12-10-4-3-9(6-11(10)13)18(16,17)15-8-2-1-5-14-7-8;/h3-4,6,8,14-15H,1-2,5,7H2;1H. The smallest absolute Gasteiger partial charge is 0.240 e. The molecule has 4 nitrogen and oxygen atoms in total. The van der Waals surface area contributed by atoms with Crippen LogP contribution in [0.1, 0.15) is 12.8 Å². The second-order valence-electron chi connectivity index (χ2n) is 4.24. The number of benzene rings is 1. The molecule has 2 rings (SSSR count). The Bertz CT molecular complexity index is 531. The van der Waals surface area contributed by atoms with Crippen molar-refractivity contribution in [2.24, 2.45) is 0 Å². The molecule has 0 aromatic heterocycles. The van der Waals surface area contributed by atoms with Crippen LogP contribution in [0, 0.1) is 0 Å². The first kappa shape index (κ1) is 17.0. The van der Waals surface area contributed by atoms with E-state index in [-0.39, 0.29) is 28.4 Å². The van der Waals surface area contributed by atoms with E-state index in [1.165, 1.54) is 18.2 Å². The topological polar surface area (TPSA) is 58.2 Å². The molecular weight excluding hydrogens is 331 g/mol. The van der Waals surface area contributed by atoms with Crippen LogP contribution in [0.3, 0.4) is 0 Å². The van der Waals surface area contributed by atoms with E-state index in [1.54, 1.807) is 0 Å². The molecular formula is C11H15Cl3N2O2S. The van der Waals surface area contributed by atoms with Gasteiger partial charge in [0.05, 0.1) is 14.9 Å². The lowest BCUT2D eigenvalue weighted by Crippen LogP contribution is -2.45. The third-order valence-electron chi connectivity index (χ3n) is 2.82. The van der Waals surface area contributed by atoms with Crippen LogP contribution in [0.25, 0.3) is 0 Å². The van der Waals surface area contributed by atoms with Gasteiger partial charge in [-0.1, -0.05) is 23.2 Å². The minimum atomic E-state index is -3.53. The fourth-order valence-corrected chi connectivity index (χ4v) is 3.54. The number of hydrogen-bond donors (Lipinski definition) is 2. The van der Waals surface area contributed by atoms with Gasteiger partial charge < -0.3 is 5.32 Å². The molecule has 1 aromatic carbocycles. The zero-order chi connectivity index (χ0) is 13.2. The lowest BCUT2D eigenvalue weighted by Gasteiger charge is -2.23. The summed E-state index contributed by atoms with van der Waals surface area (Å²) in [6, 6.07) is 4.23. The van der Waals surface area contributed by atoms with Crippen molar-refractivity contribution in [1.29, 1.82) is 0 Å². The summed E-state index contributed by atoms with van der Waals surface area (Å²) in [6.45, 7) is 1.59. The number of piperidine rings is 1. The quantitative estimate of drug-likeness (QED) is 0.884. The molecule has 8 heteroatoms. The van der Waals surface area contributed by atoms with Crippen molar-refractivity contribution in [1.82, 2.24) is 10.0 Å². The Morgan fingerprint density at radius 3 is 2.58 bits per heavy atom. The number of sulfonamides is 1. The maximum absolute atomic E-state index is 12.1. The van der Waals surface area contributed by atoms with Gasteiger partial charge in [-0.05, 0) is 37.6 Å². The molecule has 1 fully saturated rings. The van der Waals surface area contributed by atoms with Gasteiger partial charge in [-0.2, -0.15) is 0 Å². The van der Waals surface area contributed by atoms with Gasteiger partial charge >= 0.3 is 0 Å². The van der Waals surface area contributed by atoms with Gasteiger partial charge in [0.2, 0.25) is 10.0 Å². The summed E-state index contributed by atoms with van der Waals surface area (Å²) in [5.41, 5.74) is 0. The van der Waals surface area contributed by atoms with E-state index in [4.69, 9.17) is 23.2 Å². The Kier molecular flexibility index (Phi) is 6.36. The minimum absolute atomic E-state index is 0. The molecule has 1 aliphatic rings. The summed E-state index contributed by atoms with van der Waals surface area (Å²) in [4.78, 5) is 0.141. The molecule has 0 bridgehead atoms. The van der Waals surface area contributed by atoms with Crippen LogP contribution >= 0.6 is 35.6 Å². The van der Waals surface area contributed by atoms with Crippen LogP contribution < -0.4 is 10.0 Å². The summed E-state index contributed by atoms with van der Waals surface area (Å²) in [5, 5.41) is 3.74. The van der Waals surface area contributed by atoms with Crippen molar-refractivity contribution in [3.63, 3.8) is 0 Å². The number of nitrogens with one attached hydrogen (secondary N) is 2. The molecule has 0 aliphatic carbocycles. The van der Waals surface area contributed by atoms with E-state index >= 15 is 0 Å². The molecule has 0 saturated carbocycles. The Labute approximate surface area is 129 Å². The first-order chi connectivity index (χ1) is 8.49. The highest BCUT2D eigenvalue weighted by Gasteiger charge is 2.22. The number of halogens is 3. The molecule has 1 unspecified atom stereocenters. The zero-order valence-electron chi connectivity index (χ0n) is 10.0. The first-order valence-electron chi connectivity index (χ1n) is 5.67. The van der Waals surface area contributed by atoms with Crippen LogP contribution in [-0.2, 0) is 10.0 Å². The molecule has 1 atom stereocenters. The second kappa shape index (κ2) is 7.11. The van der Waals surface area contributed by atoms with Gasteiger partial charge in [0.25, 0.3) is 0 Å². The van der Waals surface area contributed by atoms with Crippen molar-refractivity contribution in [3.8, 4) is 0 Å². The highest BCUT2D eigenvalue weighted by Crippen LogP contribution is 2.25. The largest absolute Gasteiger partial charge is 0.315 e. The Morgan fingerprint density at radius 2 is 2.00 bits per heavy atom. The van der Waals surface area contributed by atoms with E-state index in [0.717, 1.165) is 19.4 Å². The van der Waals surface area contributed by atoms with E-state index in [1.807, 2.05) is 0 Å². The molecule has 1 heterocycles. The molecule has 0 spiro atoms. The van der Waals surface area contributed by atoms with Gasteiger partial charge in [0.15, 0.2) is 0 Å². The van der Waals surface area contributed by atoms with E-state index < -0.39 is 10.0 Å². The van der Waals surface area contributed by atoms with E-state index in [9.17, 15) is 8.42 Å². The second-order valence-corrected chi connectivity index (χ2v) is 6.77. The lowest BCUT2D eigenvalue weighted by molar-refractivity contribution is 0.428. The average Bonchev–Trinajstić information content (AvgIpc) is 2.33. The average molecular weight is 346 g/mol. The Balaban J connectivity index is 0.00000180. The van der Waals surface area contributed by atoms with Crippen molar-refractivity contribution < 1.29 is 8.42 Å². The molecule has 1 aliphatic heterocycles. The van der Waals surface area contributed by atoms with Crippen LogP contribution in [0.4, 0.5) is 0 Å². The normalized spacial score (nSPS) is 19.8. The fourth-order valence-electron chi connectivity index (χ4n) is 1.88. The molecule has 108 valence electrons. The van der Waals surface area contributed by atoms with Crippen molar-refractivity contribution in [2.45, 2.75) is 23.8 Å². The van der Waals surface area contributed by atoms with E-state index in [0.29, 0.717) is 11.6 Å². The van der Waals surface area contributed by atoms with E-state index in [2.05, 4.69) is 10.0 Å². The van der Waals surface area contributed by atoms with Gasteiger partial charge in [0, 0.05) is 12.6 Å². The lowest BCUT2D eigenvalue weighted by atomic mass is 10.1. The number of rotatable bonds is 3. The summed E-state index contributed by atoms with van der Waals surface area (Å²) in [7, 11) is -3.53. The molecule has 2 N–H and O–H groups in total. The van der Waals surface area contributed by atoms with Gasteiger partial charge in [0.1, 0.15) is 0 Å². The number of hydrogen-bond acceptors (Lipinski definition) is 3. The maximum Gasteiger partial charge on any atom is 0.240 e. The fraction of sp³-hybridized carbons (Fsp3) is 0.455. The van der Waals surface area contributed by atoms with Crippen LogP contribution in [-0.4, -0.2) is 27.5 Å². The summed E-state index contributed by atoms with van der Waals surface area (Å²) >= 11 is 11.6. The third-order valence-corrected chi connectivity index (χ3v) is 5.08. The predicted molar refractivity (Wildman–Crippen MR) is 79.9 cm³/mol. The first-order valence-corrected chi connectivity index (χ1v) is 7.91. The van der Waals surface area contributed by atoms with Crippen molar-refractivity contribution in [3.05, 3.63) is 28.2 Å². The summed E-state index contributed by atoms with van der Waals surface area (Å²) < 4.78 is 26.9. The zero-order valence-corrected chi connectivity index (χ0v) is 13.2. The van der Waals surface area contributed by atoms with Crippen molar-refractivity contribution in [2.75, 3.05) is 13.1 Å². The summed E-state index contributed by atoms with van der Waals surface area (Å²) in [6.07, 6.45) is 1.81. The van der Waals surface area contributed by atoms with Gasteiger partial charge in [-0.3, -0.25) is 0 Å². The Morgan fingerprint density at radius 1 is 1.26 bits per heavy atom. The highest BCUT2D eigenvalue weighted by atomic mass is 35.5. The SMILES string of the molecule is Cl.O=S(=O)(NC1CCCNC1)c1ccc(Cl)c(Cl)c1. The summed E-state index contributed by atoms with van der Waals surface area (Å²) in [5.74, 6) is 0. The molecule has 0 amide bonds. The molecule has 19 heavy (non-hydrogen) atoms. The van der Waals surface area contributed by atoms with Gasteiger partial charge in [-0.25, -0.2) is 13.1 Å². The monoisotopic (exact) mass is 344 g/mol. The third kappa shape index (κ3) is 4.48. The van der Waals surface area contributed by atoms with Gasteiger partial charge in [-0.15, -0.1) is 12.4 Å². The predicted octanol–water partition coefficient (Wildman–Crippen LogP) is 2.45. The van der Waals surface area contributed by atoms with Crippen LogP contribution in [0.15, 0.2) is 23.1 Å². The Hall–Kier alpha value is -0.0400. The van der Waals surface area contributed by atoms with Crippen LogP contribution in [0.2, 0.25) is 10.0 Å². The molecule has 1 saturated heterocycles. The maximum atomic E-state index is 12.1. The van der Waals surface area contributed by atoms with Crippen molar-refractivity contribution >= 4 is 45.6 Å². The minimum Gasteiger partial charge on any atom is -0.315 e. The van der Waals surface area contributed by atoms with Crippen LogP contribution in [0.5, 0.6) is 0 Å².